The molecule has 1 N–H and O–H groups in total. The summed E-state index contributed by atoms with van der Waals surface area (Å²) in [4.78, 5) is -0.156. The van der Waals surface area contributed by atoms with E-state index in [2.05, 4.69) is 5.32 Å². The molecule has 0 heterocycles. The topological polar surface area (TPSA) is 70.0 Å². The highest BCUT2D eigenvalue weighted by Gasteiger charge is 2.25. The van der Waals surface area contributed by atoms with Crippen LogP contribution in [0.25, 0.3) is 0 Å². The molecule has 0 bridgehead atoms. The number of benzene rings is 2. The van der Waals surface area contributed by atoms with Crippen molar-refractivity contribution in [1.29, 1.82) is 5.26 Å². The van der Waals surface area contributed by atoms with Crippen LogP contribution >= 0.6 is 11.8 Å². The van der Waals surface area contributed by atoms with Gasteiger partial charge in [0.2, 0.25) is 9.84 Å². The summed E-state index contributed by atoms with van der Waals surface area (Å²) in [6, 6.07) is 17.7. The molecule has 0 unspecified atom stereocenters. The van der Waals surface area contributed by atoms with Crippen molar-refractivity contribution in [2.24, 2.45) is 0 Å². The van der Waals surface area contributed by atoms with Gasteiger partial charge in [-0.1, -0.05) is 44.2 Å². The molecule has 0 aliphatic carbocycles. The fourth-order valence-corrected chi connectivity index (χ4v) is 4.41. The summed E-state index contributed by atoms with van der Waals surface area (Å²) in [6.07, 6.45) is 1.74. The summed E-state index contributed by atoms with van der Waals surface area (Å²) >= 11 is 1.19. The van der Waals surface area contributed by atoms with E-state index in [-0.39, 0.29) is 9.80 Å². The number of thioether (sulfide) groups is 1. The molecule has 0 aromatic heterocycles. The van der Waals surface area contributed by atoms with Crippen LogP contribution in [0.15, 0.2) is 69.4 Å². The van der Waals surface area contributed by atoms with Crippen LogP contribution in [0.2, 0.25) is 0 Å². The number of hydrogen-bond donors (Lipinski definition) is 1. The Morgan fingerprint density at radius 2 is 1.68 bits per heavy atom. The number of sulfone groups is 1. The maximum Gasteiger partial charge on any atom is 0.219 e. The van der Waals surface area contributed by atoms with Gasteiger partial charge < -0.3 is 5.32 Å². The highest BCUT2D eigenvalue weighted by atomic mass is 32.2. The lowest BCUT2D eigenvalue weighted by Gasteiger charge is -2.12. The van der Waals surface area contributed by atoms with Gasteiger partial charge in [-0.3, -0.25) is 0 Å². The van der Waals surface area contributed by atoms with Crippen LogP contribution in [-0.4, -0.2) is 14.7 Å². The van der Waals surface area contributed by atoms with E-state index in [4.69, 9.17) is 0 Å². The summed E-state index contributed by atoms with van der Waals surface area (Å²) < 4.78 is 25.8. The lowest BCUT2D eigenvalue weighted by Crippen LogP contribution is -2.10. The molecule has 0 saturated heterocycles. The van der Waals surface area contributed by atoms with Crippen molar-refractivity contribution in [1.82, 2.24) is 0 Å². The number of anilines is 1. The van der Waals surface area contributed by atoms with Gasteiger partial charge in [0.1, 0.15) is 11.1 Å². The van der Waals surface area contributed by atoms with Gasteiger partial charge in [0.15, 0.2) is 4.91 Å². The second-order valence-corrected chi connectivity index (χ2v) is 8.40. The number of allylic oxidation sites excluding steroid dienone is 1. The molecule has 4 nitrogen and oxygen atoms in total. The van der Waals surface area contributed by atoms with Gasteiger partial charge in [-0.2, -0.15) is 5.26 Å². The van der Waals surface area contributed by atoms with Crippen molar-refractivity contribution in [3.8, 4) is 6.07 Å². The standard InChI is InChI=1S/C19H20N2O2S2/c1-14(2)15-9-11-17(12-10-15)25(22,23)18(13-20)19(24-3)21-16-7-5-4-6-8-16/h4-12,14,21H,1-3H3. The van der Waals surface area contributed by atoms with E-state index >= 15 is 0 Å². The molecule has 25 heavy (non-hydrogen) atoms. The van der Waals surface area contributed by atoms with Gasteiger partial charge in [0.05, 0.1) is 4.90 Å². The van der Waals surface area contributed by atoms with Gasteiger partial charge in [0.25, 0.3) is 0 Å². The second kappa shape index (κ2) is 8.24. The van der Waals surface area contributed by atoms with Crippen molar-refractivity contribution in [2.75, 3.05) is 11.6 Å². The molecule has 0 fully saturated rings. The molecule has 0 radical (unpaired) electrons. The van der Waals surface area contributed by atoms with Crippen LogP contribution < -0.4 is 5.32 Å². The maximum absolute atomic E-state index is 12.9. The number of nitrogens with one attached hydrogen (secondary N) is 1. The lowest BCUT2D eigenvalue weighted by molar-refractivity contribution is 0.603. The van der Waals surface area contributed by atoms with Gasteiger partial charge in [-0.25, -0.2) is 8.42 Å². The predicted octanol–water partition coefficient (Wildman–Crippen LogP) is 4.75. The third-order valence-electron chi connectivity index (χ3n) is 3.67. The fraction of sp³-hybridized carbons (Fsp3) is 0.211. The van der Waals surface area contributed by atoms with Crippen LogP contribution in [-0.2, 0) is 9.84 Å². The minimum atomic E-state index is -3.89. The molecule has 0 aliphatic rings. The van der Waals surface area contributed by atoms with Crippen LogP contribution in [0.4, 0.5) is 5.69 Å². The Hall–Kier alpha value is -2.23. The number of rotatable bonds is 6. The van der Waals surface area contributed by atoms with E-state index in [1.54, 1.807) is 30.5 Å². The number of nitrogens with zero attached hydrogens (tertiary/aromatic N) is 1. The van der Waals surface area contributed by atoms with Gasteiger partial charge in [0, 0.05) is 5.69 Å². The summed E-state index contributed by atoms with van der Waals surface area (Å²) in [5, 5.41) is 12.8. The average Bonchev–Trinajstić information content (AvgIpc) is 2.62. The monoisotopic (exact) mass is 372 g/mol. The molecular weight excluding hydrogens is 352 g/mol. The largest absolute Gasteiger partial charge is 0.349 e. The highest BCUT2D eigenvalue weighted by Crippen LogP contribution is 2.28. The first-order valence-corrected chi connectivity index (χ1v) is 10.5. The van der Waals surface area contributed by atoms with E-state index in [0.717, 1.165) is 11.3 Å². The second-order valence-electron chi connectivity index (χ2n) is 5.69. The highest BCUT2D eigenvalue weighted by molar-refractivity contribution is 8.04. The zero-order valence-corrected chi connectivity index (χ0v) is 16.0. The summed E-state index contributed by atoms with van der Waals surface area (Å²) in [5.41, 5.74) is 1.78. The molecule has 0 saturated carbocycles. The maximum atomic E-state index is 12.9. The summed E-state index contributed by atoms with van der Waals surface area (Å²) in [6.45, 7) is 4.08. The van der Waals surface area contributed by atoms with Crippen LogP contribution in [0.3, 0.4) is 0 Å². The first kappa shape index (κ1) is 19.1. The molecule has 6 heteroatoms. The summed E-state index contributed by atoms with van der Waals surface area (Å²) in [5.74, 6) is 0.309. The molecule has 0 spiro atoms. The van der Waals surface area contributed by atoms with E-state index in [1.807, 2.05) is 50.2 Å². The molecule has 0 aliphatic heterocycles. The molecule has 130 valence electrons. The zero-order chi connectivity index (χ0) is 18.4. The first-order chi connectivity index (χ1) is 11.9. The van der Waals surface area contributed by atoms with Crippen molar-refractivity contribution < 1.29 is 8.42 Å². The Morgan fingerprint density at radius 3 is 2.16 bits per heavy atom. The van der Waals surface area contributed by atoms with Crippen molar-refractivity contribution in [2.45, 2.75) is 24.7 Å². The Labute approximate surface area is 153 Å². The molecule has 2 rings (SSSR count). The van der Waals surface area contributed by atoms with Crippen molar-refractivity contribution in [3.63, 3.8) is 0 Å². The number of hydrogen-bond acceptors (Lipinski definition) is 5. The van der Waals surface area contributed by atoms with Crippen LogP contribution in [0, 0.1) is 11.3 Å². The lowest BCUT2D eigenvalue weighted by atomic mass is 10.0. The minimum absolute atomic E-state index is 0.120. The Morgan fingerprint density at radius 1 is 1.08 bits per heavy atom. The number of nitriles is 1. The zero-order valence-electron chi connectivity index (χ0n) is 14.4. The summed E-state index contributed by atoms with van der Waals surface area (Å²) in [7, 11) is -3.89. The van der Waals surface area contributed by atoms with Crippen molar-refractivity contribution in [3.05, 3.63) is 70.1 Å². The quantitative estimate of drug-likeness (QED) is 0.741. The van der Waals surface area contributed by atoms with E-state index in [9.17, 15) is 13.7 Å². The van der Waals surface area contributed by atoms with E-state index in [0.29, 0.717) is 10.9 Å². The van der Waals surface area contributed by atoms with Crippen molar-refractivity contribution >= 4 is 27.3 Å². The smallest absolute Gasteiger partial charge is 0.219 e. The predicted molar refractivity (Wildman–Crippen MR) is 104 cm³/mol. The average molecular weight is 373 g/mol. The molecule has 0 atom stereocenters. The molecule has 2 aromatic carbocycles. The Balaban J connectivity index is 2.47. The fourth-order valence-electron chi connectivity index (χ4n) is 2.24. The minimum Gasteiger partial charge on any atom is -0.349 e. The number of para-hydroxylation sites is 1. The van der Waals surface area contributed by atoms with E-state index in [1.165, 1.54) is 11.8 Å². The van der Waals surface area contributed by atoms with Gasteiger partial charge in [-0.05, 0) is 42.0 Å². The van der Waals surface area contributed by atoms with Crippen LogP contribution in [0.5, 0.6) is 0 Å². The molecular formula is C19H20N2O2S2. The Kier molecular flexibility index (Phi) is 6.29. The molecule has 0 amide bonds. The third-order valence-corrected chi connectivity index (χ3v) is 6.24. The van der Waals surface area contributed by atoms with Crippen LogP contribution in [0.1, 0.15) is 25.3 Å². The Bertz CT molecular complexity index is 895. The van der Waals surface area contributed by atoms with E-state index < -0.39 is 9.84 Å². The van der Waals surface area contributed by atoms with Gasteiger partial charge >= 0.3 is 0 Å². The first-order valence-electron chi connectivity index (χ1n) is 7.75. The SMILES string of the molecule is CSC(Nc1ccccc1)=C(C#N)S(=O)(=O)c1ccc(C(C)C)cc1. The molecule has 2 aromatic rings. The third kappa shape index (κ3) is 4.44. The van der Waals surface area contributed by atoms with Gasteiger partial charge in [-0.15, -0.1) is 11.8 Å². The normalized spacial score (nSPS) is 12.4.